The molecule has 0 unspecified atom stereocenters. The SMILES string of the molecule is COCCNCC(=O)NCC1(O)CCC(C)CC1. The topological polar surface area (TPSA) is 70.6 Å². The summed E-state index contributed by atoms with van der Waals surface area (Å²) in [6, 6.07) is 0. The van der Waals surface area contributed by atoms with E-state index in [-0.39, 0.29) is 12.5 Å². The first-order chi connectivity index (χ1) is 8.56. The predicted molar refractivity (Wildman–Crippen MR) is 70.3 cm³/mol. The highest BCUT2D eigenvalue weighted by molar-refractivity contribution is 5.78. The summed E-state index contributed by atoms with van der Waals surface area (Å²) in [5.41, 5.74) is -0.700. The van der Waals surface area contributed by atoms with Crippen molar-refractivity contribution in [1.82, 2.24) is 10.6 Å². The van der Waals surface area contributed by atoms with E-state index < -0.39 is 5.60 Å². The fraction of sp³-hybridized carbons (Fsp3) is 0.923. The van der Waals surface area contributed by atoms with Crippen molar-refractivity contribution in [2.45, 2.75) is 38.2 Å². The molecular weight excluding hydrogens is 232 g/mol. The van der Waals surface area contributed by atoms with Crippen molar-refractivity contribution >= 4 is 5.91 Å². The number of nitrogens with one attached hydrogen (secondary N) is 2. The van der Waals surface area contributed by atoms with Crippen molar-refractivity contribution in [2.24, 2.45) is 5.92 Å². The Bertz CT molecular complexity index is 251. The van der Waals surface area contributed by atoms with Crippen molar-refractivity contribution in [1.29, 1.82) is 0 Å². The Kier molecular flexibility index (Phi) is 6.60. The van der Waals surface area contributed by atoms with Crippen LogP contribution in [0.25, 0.3) is 0 Å². The maximum atomic E-state index is 11.5. The third kappa shape index (κ3) is 5.80. The lowest BCUT2D eigenvalue weighted by molar-refractivity contribution is -0.122. The highest BCUT2D eigenvalue weighted by Crippen LogP contribution is 2.31. The number of carbonyl (C=O) groups excluding carboxylic acids is 1. The lowest BCUT2D eigenvalue weighted by atomic mass is 9.79. The van der Waals surface area contributed by atoms with E-state index >= 15 is 0 Å². The molecule has 5 heteroatoms. The summed E-state index contributed by atoms with van der Waals surface area (Å²) in [4.78, 5) is 11.5. The van der Waals surface area contributed by atoms with E-state index in [0.29, 0.717) is 25.6 Å². The average Bonchev–Trinajstić information content (AvgIpc) is 2.36. The summed E-state index contributed by atoms with van der Waals surface area (Å²) in [5.74, 6) is 0.620. The Morgan fingerprint density at radius 3 is 2.72 bits per heavy atom. The molecule has 3 N–H and O–H groups in total. The molecule has 1 fully saturated rings. The molecule has 0 atom stereocenters. The van der Waals surface area contributed by atoms with Gasteiger partial charge in [0, 0.05) is 20.2 Å². The Balaban J connectivity index is 2.13. The van der Waals surface area contributed by atoms with Gasteiger partial charge in [0.2, 0.25) is 5.91 Å². The Labute approximate surface area is 109 Å². The summed E-state index contributed by atoms with van der Waals surface area (Å²) in [5, 5.41) is 16.1. The molecule has 0 radical (unpaired) electrons. The van der Waals surface area contributed by atoms with E-state index in [9.17, 15) is 9.90 Å². The molecule has 1 amide bonds. The van der Waals surface area contributed by atoms with Crippen LogP contribution in [0.1, 0.15) is 32.6 Å². The van der Waals surface area contributed by atoms with Crippen LogP contribution in [0.2, 0.25) is 0 Å². The van der Waals surface area contributed by atoms with Crippen LogP contribution in [-0.2, 0) is 9.53 Å². The first kappa shape index (κ1) is 15.4. The van der Waals surface area contributed by atoms with Gasteiger partial charge >= 0.3 is 0 Å². The van der Waals surface area contributed by atoms with E-state index in [0.717, 1.165) is 25.7 Å². The standard InChI is InChI=1S/C13H26N2O3/c1-11-3-5-13(17,6-4-11)10-15-12(16)9-14-7-8-18-2/h11,14,17H,3-10H2,1-2H3,(H,15,16). The molecule has 1 aliphatic carbocycles. The van der Waals surface area contributed by atoms with Gasteiger partial charge in [0.25, 0.3) is 0 Å². The van der Waals surface area contributed by atoms with Crippen LogP contribution in [0, 0.1) is 5.92 Å². The van der Waals surface area contributed by atoms with E-state index in [1.165, 1.54) is 0 Å². The van der Waals surface area contributed by atoms with Gasteiger partial charge in [0.1, 0.15) is 0 Å². The average molecular weight is 258 g/mol. The van der Waals surface area contributed by atoms with Gasteiger partial charge in [-0.1, -0.05) is 6.92 Å². The summed E-state index contributed by atoms with van der Waals surface area (Å²) in [6.45, 7) is 4.10. The van der Waals surface area contributed by atoms with Crippen molar-refractivity contribution in [3.05, 3.63) is 0 Å². The molecule has 0 heterocycles. The van der Waals surface area contributed by atoms with Crippen molar-refractivity contribution in [2.75, 3.05) is 33.4 Å². The largest absolute Gasteiger partial charge is 0.388 e. The number of methoxy groups -OCH3 is 1. The first-order valence-electron chi connectivity index (χ1n) is 6.74. The minimum Gasteiger partial charge on any atom is -0.388 e. The zero-order valence-electron chi connectivity index (χ0n) is 11.5. The third-order valence-corrected chi connectivity index (χ3v) is 3.59. The molecule has 106 valence electrons. The van der Waals surface area contributed by atoms with Crippen molar-refractivity contribution in [3.8, 4) is 0 Å². The molecule has 0 bridgehead atoms. The number of aliphatic hydroxyl groups is 1. The quantitative estimate of drug-likeness (QED) is 0.574. The minimum absolute atomic E-state index is 0.0712. The molecule has 0 saturated heterocycles. The van der Waals surface area contributed by atoms with Crippen LogP contribution in [0.3, 0.4) is 0 Å². The fourth-order valence-corrected chi connectivity index (χ4v) is 2.18. The number of hydrogen-bond acceptors (Lipinski definition) is 4. The Hall–Kier alpha value is -0.650. The van der Waals surface area contributed by atoms with Gasteiger partial charge in [-0.15, -0.1) is 0 Å². The predicted octanol–water partition coefficient (Wildman–Crippen LogP) is 0.280. The molecule has 0 aromatic rings. The van der Waals surface area contributed by atoms with Gasteiger partial charge in [-0.25, -0.2) is 0 Å². The highest BCUT2D eigenvalue weighted by atomic mass is 16.5. The summed E-state index contributed by atoms with van der Waals surface area (Å²) in [7, 11) is 1.63. The summed E-state index contributed by atoms with van der Waals surface area (Å²) in [6.07, 6.45) is 3.65. The zero-order valence-corrected chi connectivity index (χ0v) is 11.5. The van der Waals surface area contributed by atoms with Gasteiger partial charge < -0.3 is 20.5 Å². The summed E-state index contributed by atoms with van der Waals surface area (Å²) < 4.78 is 4.87. The molecule has 0 spiro atoms. The molecule has 5 nitrogen and oxygen atoms in total. The molecular formula is C13H26N2O3. The van der Waals surface area contributed by atoms with Crippen molar-refractivity contribution in [3.63, 3.8) is 0 Å². The van der Waals surface area contributed by atoms with Crippen LogP contribution in [0.15, 0.2) is 0 Å². The molecule has 0 aromatic carbocycles. The number of hydrogen-bond donors (Lipinski definition) is 3. The van der Waals surface area contributed by atoms with Gasteiger partial charge in [-0.3, -0.25) is 4.79 Å². The van der Waals surface area contributed by atoms with Gasteiger partial charge in [-0.05, 0) is 31.6 Å². The van der Waals surface area contributed by atoms with Crippen LogP contribution in [-0.4, -0.2) is 50.0 Å². The smallest absolute Gasteiger partial charge is 0.234 e. The number of amides is 1. The Morgan fingerprint density at radius 2 is 2.11 bits per heavy atom. The summed E-state index contributed by atoms with van der Waals surface area (Å²) >= 11 is 0. The van der Waals surface area contributed by atoms with Crippen molar-refractivity contribution < 1.29 is 14.6 Å². The van der Waals surface area contributed by atoms with E-state index in [1.54, 1.807) is 7.11 Å². The number of carbonyl (C=O) groups is 1. The molecule has 18 heavy (non-hydrogen) atoms. The second-order valence-electron chi connectivity index (χ2n) is 5.35. The maximum absolute atomic E-state index is 11.5. The number of ether oxygens (including phenoxy) is 1. The van der Waals surface area contributed by atoms with Crippen LogP contribution in [0.5, 0.6) is 0 Å². The molecule has 0 aromatic heterocycles. The zero-order chi connectivity index (χ0) is 13.4. The number of rotatable bonds is 7. The van der Waals surface area contributed by atoms with Crippen LogP contribution in [0.4, 0.5) is 0 Å². The lowest BCUT2D eigenvalue weighted by Crippen LogP contribution is -2.47. The second-order valence-corrected chi connectivity index (χ2v) is 5.35. The van der Waals surface area contributed by atoms with E-state index in [2.05, 4.69) is 17.6 Å². The van der Waals surface area contributed by atoms with Gasteiger partial charge in [0.15, 0.2) is 0 Å². The molecule has 1 saturated carbocycles. The molecule has 0 aliphatic heterocycles. The fourth-order valence-electron chi connectivity index (χ4n) is 2.18. The molecule has 1 aliphatic rings. The Morgan fingerprint density at radius 1 is 1.44 bits per heavy atom. The van der Waals surface area contributed by atoms with Crippen LogP contribution >= 0.6 is 0 Å². The first-order valence-corrected chi connectivity index (χ1v) is 6.74. The lowest BCUT2D eigenvalue weighted by Gasteiger charge is -2.34. The third-order valence-electron chi connectivity index (χ3n) is 3.59. The second kappa shape index (κ2) is 7.71. The minimum atomic E-state index is -0.700. The monoisotopic (exact) mass is 258 g/mol. The highest BCUT2D eigenvalue weighted by Gasteiger charge is 2.31. The van der Waals surface area contributed by atoms with E-state index in [4.69, 9.17) is 4.74 Å². The van der Waals surface area contributed by atoms with Gasteiger partial charge in [0.05, 0.1) is 18.8 Å². The van der Waals surface area contributed by atoms with Gasteiger partial charge in [-0.2, -0.15) is 0 Å². The maximum Gasteiger partial charge on any atom is 0.234 e. The molecule has 1 rings (SSSR count). The van der Waals surface area contributed by atoms with E-state index in [1.807, 2.05) is 0 Å². The van der Waals surface area contributed by atoms with Crippen LogP contribution < -0.4 is 10.6 Å². The normalized spacial score (nSPS) is 28.1.